The molecule has 0 aliphatic carbocycles. The predicted octanol–water partition coefficient (Wildman–Crippen LogP) is 3.39. The van der Waals surface area contributed by atoms with Gasteiger partial charge in [0.2, 0.25) is 0 Å². The number of nitrogens with zero attached hydrogens (tertiary/aromatic N) is 1. The highest BCUT2D eigenvalue weighted by molar-refractivity contribution is 5.37. The van der Waals surface area contributed by atoms with Gasteiger partial charge >= 0.3 is 0 Å². The minimum atomic E-state index is 0.348. The SMILES string of the molecule is CCC(C)(C)CNCc1ccc(C#N)cc1C. The van der Waals surface area contributed by atoms with E-state index in [0.29, 0.717) is 5.41 Å². The molecule has 0 aliphatic heterocycles. The quantitative estimate of drug-likeness (QED) is 0.841. The number of hydrogen-bond acceptors (Lipinski definition) is 2. The number of benzene rings is 1. The van der Waals surface area contributed by atoms with Gasteiger partial charge < -0.3 is 5.32 Å². The second kappa shape index (κ2) is 5.84. The third kappa shape index (κ3) is 4.20. The van der Waals surface area contributed by atoms with Crippen molar-refractivity contribution in [2.24, 2.45) is 5.41 Å². The number of hydrogen-bond donors (Lipinski definition) is 1. The molecule has 0 spiro atoms. The van der Waals surface area contributed by atoms with Gasteiger partial charge in [0.1, 0.15) is 0 Å². The Hall–Kier alpha value is -1.33. The first-order chi connectivity index (χ1) is 7.98. The maximum absolute atomic E-state index is 8.80. The number of nitriles is 1. The molecule has 0 saturated carbocycles. The molecule has 92 valence electrons. The van der Waals surface area contributed by atoms with Gasteiger partial charge in [-0.2, -0.15) is 5.26 Å². The zero-order valence-electron chi connectivity index (χ0n) is 11.3. The molecular weight excluding hydrogens is 208 g/mol. The summed E-state index contributed by atoms with van der Waals surface area (Å²) in [6, 6.07) is 8.04. The minimum absolute atomic E-state index is 0.348. The summed E-state index contributed by atoms with van der Waals surface area (Å²) in [5.41, 5.74) is 3.54. The molecule has 0 radical (unpaired) electrons. The monoisotopic (exact) mass is 230 g/mol. The average molecular weight is 230 g/mol. The first-order valence-corrected chi connectivity index (χ1v) is 6.19. The van der Waals surface area contributed by atoms with Crippen LogP contribution in [0.3, 0.4) is 0 Å². The first kappa shape index (κ1) is 13.7. The van der Waals surface area contributed by atoms with Gasteiger partial charge in [-0.05, 0) is 42.0 Å². The summed E-state index contributed by atoms with van der Waals surface area (Å²) in [6.07, 6.45) is 1.17. The van der Waals surface area contributed by atoms with E-state index in [9.17, 15) is 0 Å². The lowest BCUT2D eigenvalue weighted by atomic mass is 9.90. The third-order valence-electron chi connectivity index (χ3n) is 3.35. The molecule has 17 heavy (non-hydrogen) atoms. The van der Waals surface area contributed by atoms with Crippen LogP contribution in [0.15, 0.2) is 18.2 Å². The Morgan fingerprint density at radius 3 is 2.59 bits per heavy atom. The molecule has 0 amide bonds. The summed E-state index contributed by atoms with van der Waals surface area (Å²) in [6.45, 7) is 10.7. The van der Waals surface area contributed by atoms with Crippen LogP contribution in [-0.4, -0.2) is 6.54 Å². The van der Waals surface area contributed by atoms with Gasteiger partial charge in [0.15, 0.2) is 0 Å². The van der Waals surface area contributed by atoms with E-state index in [-0.39, 0.29) is 0 Å². The van der Waals surface area contributed by atoms with Crippen molar-refractivity contribution in [3.05, 3.63) is 34.9 Å². The Morgan fingerprint density at radius 1 is 1.35 bits per heavy atom. The van der Waals surface area contributed by atoms with E-state index in [4.69, 9.17) is 5.26 Å². The van der Waals surface area contributed by atoms with E-state index < -0.39 is 0 Å². The summed E-state index contributed by atoms with van der Waals surface area (Å²) in [5.74, 6) is 0. The summed E-state index contributed by atoms with van der Waals surface area (Å²) in [4.78, 5) is 0. The number of rotatable bonds is 5. The normalized spacial score (nSPS) is 11.2. The van der Waals surface area contributed by atoms with Crippen molar-refractivity contribution >= 4 is 0 Å². The van der Waals surface area contributed by atoms with Crippen LogP contribution in [0.1, 0.15) is 43.9 Å². The maximum Gasteiger partial charge on any atom is 0.0991 e. The van der Waals surface area contributed by atoms with Crippen molar-refractivity contribution in [3.8, 4) is 6.07 Å². The molecule has 0 atom stereocenters. The summed E-state index contributed by atoms with van der Waals surface area (Å²) in [5, 5.41) is 12.3. The van der Waals surface area contributed by atoms with E-state index in [2.05, 4.69) is 39.1 Å². The summed E-state index contributed by atoms with van der Waals surface area (Å²) >= 11 is 0. The van der Waals surface area contributed by atoms with Crippen molar-refractivity contribution in [3.63, 3.8) is 0 Å². The largest absolute Gasteiger partial charge is 0.312 e. The van der Waals surface area contributed by atoms with E-state index >= 15 is 0 Å². The lowest BCUT2D eigenvalue weighted by molar-refractivity contribution is 0.327. The Bertz CT molecular complexity index is 413. The van der Waals surface area contributed by atoms with Crippen molar-refractivity contribution in [1.29, 1.82) is 5.26 Å². The fourth-order valence-electron chi connectivity index (χ4n) is 1.62. The zero-order chi connectivity index (χ0) is 12.9. The molecule has 0 unspecified atom stereocenters. The predicted molar refractivity (Wildman–Crippen MR) is 71.7 cm³/mol. The smallest absolute Gasteiger partial charge is 0.0991 e. The average Bonchev–Trinajstić information content (AvgIpc) is 2.31. The van der Waals surface area contributed by atoms with E-state index in [0.717, 1.165) is 18.7 Å². The van der Waals surface area contributed by atoms with Crippen LogP contribution in [0.25, 0.3) is 0 Å². The first-order valence-electron chi connectivity index (χ1n) is 6.19. The fraction of sp³-hybridized carbons (Fsp3) is 0.533. The van der Waals surface area contributed by atoms with Crippen LogP contribution < -0.4 is 5.32 Å². The molecule has 0 aromatic heterocycles. The molecule has 0 heterocycles. The second-order valence-corrected chi connectivity index (χ2v) is 5.37. The molecule has 0 saturated heterocycles. The van der Waals surface area contributed by atoms with Gasteiger partial charge in [-0.25, -0.2) is 0 Å². The Balaban J connectivity index is 2.56. The van der Waals surface area contributed by atoms with E-state index in [1.165, 1.54) is 17.5 Å². The lowest BCUT2D eigenvalue weighted by Crippen LogP contribution is -2.28. The van der Waals surface area contributed by atoms with Gasteiger partial charge in [0.25, 0.3) is 0 Å². The molecule has 2 heteroatoms. The van der Waals surface area contributed by atoms with Crippen molar-refractivity contribution in [2.75, 3.05) is 6.54 Å². The number of nitrogens with one attached hydrogen (secondary N) is 1. The summed E-state index contributed by atoms with van der Waals surface area (Å²) < 4.78 is 0. The minimum Gasteiger partial charge on any atom is -0.312 e. The van der Waals surface area contributed by atoms with Crippen LogP contribution in [-0.2, 0) is 6.54 Å². The number of aryl methyl sites for hydroxylation is 1. The van der Waals surface area contributed by atoms with Gasteiger partial charge in [-0.3, -0.25) is 0 Å². The second-order valence-electron chi connectivity index (χ2n) is 5.37. The highest BCUT2D eigenvalue weighted by Gasteiger charge is 2.13. The van der Waals surface area contributed by atoms with Crippen LogP contribution >= 0.6 is 0 Å². The van der Waals surface area contributed by atoms with Crippen LogP contribution in [0, 0.1) is 23.7 Å². The molecule has 0 bridgehead atoms. The molecule has 0 aliphatic rings. The van der Waals surface area contributed by atoms with Crippen molar-refractivity contribution in [1.82, 2.24) is 5.32 Å². The molecule has 1 rings (SSSR count). The molecule has 1 aromatic carbocycles. The maximum atomic E-state index is 8.80. The molecule has 2 nitrogen and oxygen atoms in total. The third-order valence-corrected chi connectivity index (χ3v) is 3.35. The van der Waals surface area contributed by atoms with Crippen molar-refractivity contribution in [2.45, 2.75) is 40.7 Å². The molecular formula is C15H22N2. The van der Waals surface area contributed by atoms with Gasteiger partial charge in [-0.15, -0.1) is 0 Å². The Kier molecular flexibility index (Phi) is 4.72. The lowest BCUT2D eigenvalue weighted by Gasteiger charge is -2.23. The van der Waals surface area contributed by atoms with Crippen molar-refractivity contribution < 1.29 is 0 Å². The molecule has 0 fully saturated rings. The van der Waals surface area contributed by atoms with E-state index in [1.807, 2.05) is 18.2 Å². The fourth-order valence-corrected chi connectivity index (χ4v) is 1.62. The van der Waals surface area contributed by atoms with Crippen LogP contribution in [0.2, 0.25) is 0 Å². The standard InChI is InChI=1S/C15H22N2/c1-5-15(3,4)11-17-10-14-7-6-13(9-16)8-12(14)2/h6-8,17H,5,10-11H2,1-4H3. The molecule has 1 N–H and O–H groups in total. The zero-order valence-corrected chi connectivity index (χ0v) is 11.3. The topological polar surface area (TPSA) is 35.8 Å². The highest BCUT2D eigenvalue weighted by atomic mass is 14.9. The van der Waals surface area contributed by atoms with Gasteiger partial charge in [0, 0.05) is 13.1 Å². The Labute approximate surface area is 105 Å². The molecule has 1 aromatic rings. The van der Waals surface area contributed by atoms with Gasteiger partial charge in [0.05, 0.1) is 11.6 Å². The summed E-state index contributed by atoms with van der Waals surface area (Å²) in [7, 11) is 0. The van der Waals surface area contributed by atoms with Crippen LogP contribution in [0.5, 0.6) is 0 Å². The van der Waals surface area contributed by atoms with E-state index in [1.54, 1.807) is 0 Å². The van der Waals surface area contributed by atoms with Crippen LogP contribution in [0.4, 0.5) is 0 Å². The Morgan fingerprint density at radius 2 is 2.06 bits per heavy atom. The highest BCUT2D eigenvalue weighted by Crippen LogP contribution is 2.18. The van der Waals surface area contributed by atoms with Gasteiger partial charge in [-0.1, -0.05) is 26.8 Å².